The first-order chi connectivity index (χ1) is 7.74. The van der Waals surface area contributed by atoms with Crippen molar-refractivity contribution in [1.29, 1.82) is 0 Å². The molecule has 0 radical (unpaired) electrons. The third-order valence-electron chi connectivity index (χ3n) is 2.90. The van der Waals surface area contributed by atoms with Gasteiger partial charge in [0.05, 0.1) is 0 Å². The fourth-order valence-electron chi connectivity index (χ4n) is 2.14. The molecule has 90 valence electrons. The first-order valence-electron chi connectivity index (χ1n) is 5.76. The number of rotatable bonds is 4. The average molecular weight is 260 g/mol. The summed E-state index contributed by atoms with van der Waals surface area (Å²) >= 11 is 7.38. The number of likely N-dealkylation sites (N-methyl/N-ethyl adjacent to an activating group) is 1. The molecule has 1 saturated heterocycles. The Morgan fingerprint density at radius 3 is 3.12 bits per heavy atom. The van der Waals surface area contributed by atoms with Gasteiger partial charge in [-0.25, -0.2) is 4.98 Å². The van der Waals surface area contributed by atoms with Gasteiger partial charge in [-0.05, 0) is 26.4 Å². The van der Waals surface area contributed by atoms with Crippen LogP contribution in [0.15, 0.2) is 6.20 Å². The summed E-state index contributed by atoms with van der Waals surface area (Å²) in [5.74, 6) is 0. The maximum Gasteiger partial charge on any atom is 0.183 e. The number of halogens is 1. The maximum absolute atomic E-state index is 5.81. The molecule has 0 aromatic carbocycles. The monoisotopic (exact) mass is 259 g/mol. The highest BCUT2D eigenvalue weighted by molar-refractivity contribution is 7.15. The van der Waals surface area contributed by atoms with Gasteiger partial charge in [0.25, 0.3) is 0 Å². The van der Waals surface area contributed by atoms with Crippen LogP contribution in [0.3, 0.4) is 0 Å². The van der Waals surface area contributed by atoms with Crippen molar-refractivity contribution in [2.75, 3.05) is 20.1 Å². The predicted octanol–water partition coefficient (Wildman–Crippen LogP) is 2.37. The van der Waals surface area contributed by atoms with Crippen LogP contribution in [0.5, 0.6) is 0 Å². The van der Waals surface area contributed by atoms with E-state index in [1.54, 1.807) is 11.3 Å². The minimum absolute atomic E-state index is 0.638. The second kappa shape index (κ2) is 5.96. The van der Waals surface area contributed by atoms with Gasteiger partial charge in [-0.3, -0.25) is 4.90 Å². The van der Waals surface area contributed by atoms with E-state index in [1.807, 2.05) is 6.20 Å². The highest BCUT2D eigenvalue weighted by Gasteiger charge is 2.14. The Labute approximate surface area is 106 Å². The summed E-state index contributed by atoms with van der Waals surface area (Å²) in [5.41, 5.74) is 0. The van der Waals surface area contributed by atoms with E-state index in [4.69, 9.17) is 11.6 Å². The molecule has 3 nitrogen and oxygen atoms in total. The average Bonchev–Trinajstić information content (AvgIpc) is 2.65. The van der Waals surface area contributed by atoms with Crippen molar-refractivity contribution in [3.63, 3.8) is 0 Å². The summed E-state index contributed by atoms with van der Waals surface area (Å²) in [6.45, 7) is 3.23. The zero-order valence-electron chi connectivity index (χ0n) is 9.58. The molecule has 0 bridgehead atoms. The fraction of sp³-hybridized carbons (Fsp3) is 0.727. The van der Waals surface area contributed by atoms with Crippen LogP contribution in [-0.4, -0.2) is 36.1 Å². The van der Waals surface area contributed by atoms with E-state index >= 15 is 0 Å². The molecule has 1 aliphatic heterocycles. The molecule has 16 heavy (non-hydrogen) atoms. The van der Waals surface area contributed by atoms with Crippen molar-refractivity contribution >= 4 is 22.9 Å². The smallest absolute Gasteiger partial charge is 0.183 e. The Morgan fingerprint density at radius 1 is 1.62 bits per heavy atom. The number of aromatic nitrogens is 1. The lowest BCUT2D eigenvalue weighted by Crippen LogP contribution is -2.42. The lowest BCUT2D eigenvalue weighted by Gasteiger charge is -2.27. The van der Waals surface area contributed by atoms with Crippen molar-refractivity contribution in [3.05, 3.63) is 15.5 Å². The highest BCUT2D eigenvalue weighted by atomic mass is 35.5. The summed E-state index contributed by atoms with van der Waals surface area (Å²) in [4.78, 5) is 7.64. The summed E-state index contributed by atoms with van der Waals surface area (Å²) < 4.78 is 0.638. The van der Waals surface area contributed by atoms with Gasteiger partial charge >= 0.3 is 0 Å². The summed E-state index contributed by atoms with van der Waals surface area (Å²) in [6, 6.07) is 0.655. The number of nitrogens with one attached hydrogen (secondary N) is 1. The molecule has 0 saturated carbocycles. The van der Waals surface area contributed by atoms with Gasteiger partial charge in [-0.15, -0.1) is 11.3 Å². The van der Waals surface area contributed by atoms with E-state index < -0.39 is 0 Å². The topological polar surface area (TPSA) is 28.2 Å². The number of nitrogens with zero attached hydrogens (tertiary/aromatic N) is 2. The van der Waals surface area contributed by atoms with Gasteiger partial charge in [0.1, 0.15) is 0 Å². The Hall–Kier alpha value is -0.160. The summed E-state index contributed by atoms with van der Waals surface area (Å²) in [7, 11) is 2.16. The Balaban J connectivity index is 1.77. The molecule has 1 aromatic heterocycles. The van der Waals surface area contributed by atoms with E-state index in [0.717, 1.165) is 13.1 Å². The van der Waals surface area contributed by atoms with E-state index in [-0.39, 0.29) is 0 Å². The molecule has 0 spiro atoms. The van der Waals surface area contributed by atoms with Crippen molar-refractivity contribution in [1.82, 2.24) is 15.2 Å². The van der Waals surface area contributed by atoms with Crippen LogP contribution in [0.2, 0.25) is 4.47 Å². The van der Waals surface area contributed by atoms with E-state index in [1.165, 1.54) is 30.7 Å². The lowest BCUT2D eigenvalue weighted by molar-refractivity contribution is 0.258. The first-order valence-corrected chi connectivity index (χ1v) is 6.95. The molecule has 0 aliphatic carbocycles. The third kappa shape index (κ3) is 3.70. The largest absolute Gasteiger partial charge is 0.313 e. The van der Waals surface area contributed by atoms with Gasteiger partial charge < -0.3 is 5.32 Å². The summed E-state index contributed by atoms with van der Waals surface area (Å²) in [6.07, 6.45) is 5.86. The van der Waals surface area contributed by atoms with Crippen LogP contribution in [-0.2, 0) is 6.54 Å². The van der Waals surface area contributed by atoms with E-state index in [2.05, 4.69) is 22.2 Å². The van der Waals surface area contributed by atoms with Gasteiger partial charge in [0.15, 0.2) is 4.47 Å². The molecule has 2 rings (SSSR count). The van der Waals surface area contributed by atoms with Gasteiger partial charge in [-0.1, -0.05) is 18.0 Å². The van der Waals surface area contributed by atoms with Crippen LogP contribution >= 0.6 is 22.9 Å². The second-order valence-corrected chi connectivity index (χ2v) is 6.12. The Bertz CT molecular complexity index is 323. The van der Waals surface area contributed by atoms with Crippen molar-refractivity contribution in [2.45, 2.75) is 31.8 Å². The zero-order chi connectivity index (χ0) is 11.4. The molecular formula is C11H18ClN3S. The van der Waals surface area contributed by atoms with Crippen LogP contribution in [0.4, 0.5) is 0 Å². The van der Waals surface area contributed by atoms with Crippen molar-refractivity contribution < 1.29 is 0 Å². The number of hydrogen-bond acceptors (Lipinski definition) is 4. The summed E-state index contributed by atoms with van der Waals surface area (Å²) in [5, 5.41) is 3.56. The maximum atomic E-state index is 5.81. The van der Waals surface area contributed by atoms with Gasteiger partial charge in [-0.2, -0.15) is 0 Å². The van der Waals surface area contributed by atoms with E-state index in [9.17, 15) is 0 Å². The minimum atomic E-state index is 0.638. The molecule has 1 aromatic rings. The van der Waals surface area contributed by atoms with E-state index in [0.29, 0.717) is 10.5 Å². The quantitative estimate of drug-likeness (QED) is 0.900. The fourth-order valence-corrected chi connectivity index (χ4v) is 3.20. The highest BCUT2D eigenvalue weighted by Crippen LogP contribution is 2.19. The molecular weight excluding hydrogens is 242 g/mol. The third-order valence-corrected chi connectivity index (χ3v) is 4.00. The number of hydrogen-bond donors (Lipinski definition) is 1. The number of piperidine rings is 1. The zero-order valence-corrected chi connectivity index (χ0v) is 11.2. The van der Waals surface area contributed by atoms with Crippen LogP contribution < -0.4 is 5.32 Å². The Kier molecular flexibility index (Phi) is 4.58. The van der Waals surface area contributed by atoms with Crippen molar-refractivity contribution in [2.24, 2.45) is 0 Å². The minimum Gasteiger partial charge on any atom is -0.313 e. The molecule has 1 aliphatic rings. The molecule has 1 fully saturated rings. The Morgan fingerprint density at radius 2 is 2.50 bits per heavy atom. The normalized spacial score (nSPS) is 21.6. The van der Waals surface area contributed by atoms with Crippen molar-refractivity contribution in [3.8, 4) is 0 Å². The standard InChI is InChI=1S/C11H18ClN3S/c1-15(7-9-4-2-3-5-13-9)8-10-6-14-11(12)16-10/h6,9,13H,2-5,7-8H2,1H3/t9-/m1/s1. The molecule has 1 atom stereocenters. The van der Waals surface area contributed by atoms with Gasteiger partial charge in [0.2, 0.25) is 0 Å². The second-order valence-electron chi connectivity index (χ2n) is 4.42. The molecule has 2 heterocycles. The van der Waals surface area contributed by atoms with Crippen LogP contribution in [0, 0.1) is 0 Å². The molecule has 0 unspecified atom stereocenters. The molecule has 5 heteroatoms. The van der Waals surface area contributed by atoms with Crippen LogP contribution in [0.25, 0.3) is 0 Å². The SMILES string of the molecule is CN(Cc1cnc(Cl)s1)C[C@H]1CCCCN1. The lowest BCUT2D eigenvalue weighted by atomic mass is 10.0. The first kappa shape index (κ1) is 12.3. The van der Waals surface area contributed by atoms with Gasteiger partial charge in [0, 0.05) is 30.2 Å². The number of thiazole rings is 1. The molecule has 0 amide bonds. The predicted molar refractivity (Wildman–Crippen MR) is 69.1 cm³/mol. The molecule has 1 N–H and O–H groups in total. The van der Waals surface area contributed by atoms with Crippen LogP contribution in [0.1, 0.15) is 24.1 Å².